The highest BCUT2D eigenvalue weighted by Crippen LogP contribution is 2.45. The molecule has 33 heavy (non-hydrogen) atoms. The highest BCUT2D eigenvalue weighted by atomic mass is 79.9. The first-order valence-corrected chi connectivity index (χ1v) is 13.3. The van der Waals surface area contributed by atoms with Gasteiger partial charge in [-0.25, -0.2) is 0 Å². The number of piperidine rings is 1. The Labute approximate surface area is 205 Å². The number of likely N-dealkylation sites (tertiary alicyclic amines) is 1. The zero-order valence-corrected chi connectivity index (χ0v) is 20.7. The topological polar surface area (TPSA) is 16.1 Å². The summed E-state index contributed by atoms with van der Waals surface area (Å²) in [5.74, 6) is 0.641. The normalized spacial score (nSPS) is 23.1. The molecule has 2 atom stereocenters. The molecule has 1 saturated heterocycles. The standard InChI is InChI=1S/C30H31BrN2/c31-28-15-17-32-20-24(28)19-29-25-10-4-1-9-23(25)16-18-33(29)30-26-11-5-2-7-21(26)13-14-22-8-3-6-12-27(22)30/h2-3,5-9,11-12,15,17,20,25,29-30H,1,4,10,13-14,16,18-19H2/t25-,29-/m0/s1. The number of aromatic nitrogens is 1. The van der Waals surface area contributed by atoms with E-state index in [0.717, 1.165) is 25.8 Å². The predicted molar refractivity (Wildman–Crippen MR) is 138 cm³/mol. The number of fused-ring (bicyclic) bond motifs is 3. The Morgan fingerprint density at radius 2 is 1.64 bits per heavy atom. The molecule has 1 aliphatic heterocycles. The van der Waals surface area contributed by atoms with E-state index in [-0.39, 0.29) is 0 Å². The lowest BCUT2D eigenvalue weighted by Gasteiger charge is -2.48. The third-order valence-electron chi connectivity index (χ3n) is 8.12. The molecule has 1 aromatic heterocycles. The van der Waals surface area contributed by atoms with Crippen molar-refractivity contribution in [3.63, 3.8) is 0 Å². The molecule has 2 nitrogen and oxygen atoms in total. The van der Waals surface area contributed by atoms with E-state index in [4.69, 9.17) is 0 Å². The van der Waals surface area contributed by atoms with Crippen LogP contribution < -0.4 is 0 Å². The highest BCUT2D eigenvalue weighted by Gasteiger charge is 2.41. The maximum atomic E-state index is 4.48. The van der Waals surface area contributed by atoms with Crippen molar-refractivity contribution in [2.24, 2.45) is 5.92 Å². The smallest absolute Gasteiger partial charge is 0.0610 e. The molecule has 6 rings (SSSR count). The van der Waals surface area contributed by atoms with Crippen molar-refractivity contribution < 1.29 is 0 Å². The van der Waals surface area contributed by atoms with Gasteiger partial charge < -0.3 is 0 Å². The van der Waals surface area contributed by atoms with Gasteiger partial charge in [-0.1, -0.05) is 76.1 Å². The number of hydrogen-bond acceptors (Lipinski definition) is 2. The summed E-state index contributed by atoms with van der Waals surface area (Å²) < 4.78 is 1.19. The van der Waals surface area contributed by atoms with Crippen LogP contribution in [0.1, 0.15) is 59.5 Å². The first-order valence-electron chi connectivity index (χ1n) is 12.5. The second-order valence-corrected chi connectivity index (χ2v) is 10.7. The van der Waals surface area contributed by atoms with Crippen LogP contribution in [0.4, 0.5) is 0 Å². The average Bonchev–Trinajstić information content (AvgIpc) is 3.03. The quantitative estimate of drug-likeness (QED) is 0.358. The fourth-order valence-corrected chi connectivity index (χ4v) is 6.94. The lowest BCUT2D eigenvalue weighted by Crippen LogP contribution is -2.50. The Morgan fingerprint density at radius 3 is 2.36 bits per heavy atom. The van der Waals surface area contributed by atoms with Gasteiger partial charge in [0, 0.05) is 29.5 Å². The number of benzene rings is 2. The van der Waals surface area contributed by atoms with Crippen molar-refractivity contribution in [2.45, 2.75) is 57.0 Å². The largest absolute Gasteiger partial charge is 0.288 e. The SMILES string of the molecule is Brc1ccncc1C[C@H]1[C@H]2CCCC=C2CCN1C1c2ccccc2CCc2ccccc21. The number of allylic oxidation sites excluding steroid dienone is 1. The summed E-state index contributed by atoms with van der Waals surface area (Å²) in [5.41, 5.74) is 9.10. The summed E-state index contributed by atoms with van der Waals surface area (Å²) in [5, 5.41) is 0. The minimum atomic E-state index is 0.323. The number of pyridine rings is 1. The van der Waals surface area contributed by atoms with Crippen LogP contribution in [0.5, 0.6) is 0 Å². The van der Waals surface area contributed by atoms with Crippen molar-refractivity contribution in [1.29, 1.82) is 0 Å². The van der Waals surface area contributed by atoms with Crippen molar-refractivity contribution in [1.82, 2.24) is 9.88 Å². The van der Waals surface area contributed by atoms with Crippen molar-refractivity contribution in [2.75, 3.05) is 6.54 Å². The highest BCUT2D eigenvalue weighted by molar-refractivity contribution is 9.10. The molecule has 0 unspecified atom stereocenters. The van der Waals surface area contributed by atoms with Gasteiger partial charge in [0.15, 0.2) is 0 Å². The molecule has 0 amide bonds. The lowest BCUT2D eigenvalue weighted by molar-refractivity contribution is 0.0864. The molecule has 0 N–H and O–H groups in total. The van der Waals surface area contributed by atoms with E-state index >= 15 is 0 Å². The van der Waals surface area contributed by atoms with Crippen molar-refractivity contribution >= 4 is 15.9 Å². The molecule has 0 radical (unpaired) electrons. The van der Waals surface area contributed by atoms with Gasteiger partial charge in [-0.15, -0.1) is 0 Å². The van der Waals surface area contributed by atoms with Gasteiger partial charge in [-0.3, -0.25) is 9.88 Å². The van der Waals surface area contributed by atoms with E-state index in [1.54, 1.807) is 5.57 Å². The Bertz CT molecular complexity index is 1140. The van der Waals surface area contributed by atoms with E-state index in [0.29, 0.717) is 18.0 Å². The number of halogens is 1. The molecule has 0 bridgehead atoms. The van der Waals surface area contributed by atoms with Crippen molar-refractivity contribution in [3.8, 4) is 0 Å². The van der Waals surface area contributed by atoms with Crippen LogP contribution in [0.15, 0.2) is 83.1 Å². The molecule has 168 valence electrons. The number of aryl methyl sites for hydroxylation is 2. The van der Waals surface area contributed by atoms with Gasteiger partial charge in [0.25, 0.3) is 0 Å². The average molecular weight is 499 g/mol. The Balaban J connectivity index is 1.49. The van der Waals surface area contributed by atoms with Gasteiger partial charge in [0.2, 0.25) is 0 Å². The van der Waals surface area contributed by atoms with Crippen LogP contribution in [0, 0.1) is 5.92 Å². The van der Waals surface area contributed by atoms with Crippen LogP contribution in [0.2, 0.25) is 0 Å². The molecule has 3 heteroatoms. The van der Waals surface area contributed by atoms with Crippen molar-refractivity contribution in [3.05, 3.63) is 111 Å². The molecular formula is C30H31BrN2. The summed E-state index contributed by atoms with van der Waals surface area (Å²) in [6.07, 6.45) is 14.9. The molecule has 2 aromatic carbocycles. The number of rotatable bonds is 3. The zero-order chi connectivity index (χ0) is 22.2. The van der Waals surface area contributed by atoms with Crippen LogP contribution in [-0.4, -0.2) is 22.5 Å². The van der Waals surface area contributed by atoms with Crippen LogP contribution in [0.3, 0.4) is 0 Å². The molecular weight excluding hydrogens is 468 g/mol. The summed E-state index contributed by atoms with van der Waals surface area (Å²) in [6.45, 7) is 1.12. The third kappa shape index (κ3) is 4.00. The van der Waals surface area contributed by atoms with Gasteiger partial charge in [0.1, 0.15) is 0 Å². The zero-order valence-electron chi connectivity index (χ0n) is 19.1. The van der Waals surface area contributed by atoms with Crippen LogP contribution >= 0.6 is 15.9 Å². The number of nitrogens with zero attached hydrogens (tertiary/aromatic N) is 2. The van der Waals surface area contributed by atoms with Crippen LogP contribution in [0.25, 0.3) is 0 Å². The summed E-state index contributed by atoms with van der Waals surface area (Å²) in [7, 11) is 0. The molecule has 0 spiro atoms. The summed E-state index contributed by atoms with van der Waals surface area (Å²) in [4.78, 5) is 7.35. The van der Waals surface area contributed by atoms with Gasteiger partial charge in [-0.2, -0.15) is 0 Å². The summed E-state index contributed by atoms with van der Waals surface area (Å²) >= 11 is 3.82. The molecule has 3 aliphatic rings. The second kappa shape index (κ2) is 9.19. The summed E-state index contributed by atoms with van der Waals surface area (Å²) in [6, 6.07) is 21.3. The molecule has 2 heterocycles. The Morgan fingerprint density at radius 1 is 0.909 bits per heavy atom. The maximum Gasteiger partial charge on any atom is 0.0610 e. The third-order valence-corrected chi connectivity index (χ3v) is 8.89. The van der Waals surface area contributed by atoms with Gasteiger partial charge in [0.05, 0.1) is 6.04 Å². The van der Waals surface area contributed by atoms with Gasteiger partial charge >= 0.3 is 0 Å². The van der Waals surface area contributed by atoms with E-state index in [2.05, 4.69) is 92.7 Å². The maximum absolute atomic E-state index is 4.48. The lowest BCUT2D eigenvalue weighted by atomic mass is 9.74. The minimum Gasteiger partial charge on any atom is -0.288 e. The monoisotopic (exact) mass is 498 g/mol. The Kier molecular flexibility index (Phi) is 5.94. The fourth-order valence-electron chi connectivity index (χ4n) is 6.56. The minimum absolute atomic E-state index is 0.323. The predicted octanol–water partition coefficient (Wildman–Crippen LogP) is 7.08. The second-order valence-electron chi connectivity index (χ2n) is 9.84. The number of hydrogen-bond donors (Lipinski definition) is 0. The molecule has 3 aromatic rings. The first kappa shape index (κ1) is 21.3. The molecule has 0 saturated carbocycles. The Hall–Kier alpha value is -2.23. The van der Waals surface area contributed by atoms with E-state index in [9.17, 15) is 0 Å². The molecule has 1 fully saturated rings. The first-order chi connectivity index (χ1) is 16.3. The van der Waals surface area contributed by atoms with E-state index < -0.39 is 0 Å². The van der Waals surface area contributed by atoms with Crippen LogP contribution in [-0.2, 0) is 19.3 Å². The van der Waals surface area contributed by atoms with E-state index in [1.165, 1.54) is 58.0 Å². The van der Waals surface area contributed by atoms with E-state index in [1.807, 2.05) is 6.20 Å². The fraction of sp³-hybridized carbons (Fsp3) is 0.367. The van der Waals surface area contributed by atoms with Gasteiger partial charge in [-0.05, 0) is 84.7 Å². The molecule has 2 aliphatic carbocycles.